The van der Waals surface area contributed by atoms with Gasteiger partial charge in [0.05, 0.1) is 10.9 Å². The summed E-state index contributed by atoms with van der Waals surface area (Å²) in [6.07, 6.45) is 2.07. The van der Waals surface area contributed by atoms with Crippen LogP contribution in [0.15, 0.2) is 24.3 Å². The molecule has 2 rings (SSSR count). The minimum Gasteiger partial charge on any atom is -0.492 e. The standard InChI is InChI=1S/C15H20N2O2S/c1-2-12(8-14(16)20)17-15(18)11-7-10-5-3-4-6-13(10)19-9-11/h3-6,11-12H,2,7-9H2,1H3,(H2,16,20)(H,17,18). The number of nitrogens with two attached hydrogens (primary N) is 1. The Kier molecular flexibility index (Phi) is 4.95. The normalized spacial score (nSPS) is 18.6. The molecule has 0 saturated carbocycles. The minimum absolute atomic E-state index is 0.0113. The third-order valence-electron chi connectivity index (χ3n) is 3.54. The molecule has 108 valence electrons. The zero-order chi connectivity index (χ0) is 14.5. The zero-order valence-corrected chi connectivity index (χ0v) is 12.4. The van der Waals surface area contributed by atoms with Crippen molar-refractivity contribution in [2.24, 2.45) is 11.7 Å². The first-order valence-electron chi connectivity index (χ1n) is 6.89. The van der Waals surface area contributed by atoms with Crippen LogP contribution in [0.3, 0.4) is 0 Å². The Labute approximate surface area is 124 Å². The number of fused-ring (bicyclic) bond motifs is 1. The molecule has 5 heteroatoms. The maximum atomic E-state index is 12.3. The van der Waals surface area contributed by atoms with Gasteiger partial charge in [-0.25, -0.2) is 0 Å². The van der Waals surface area contributed by atoms with Gasteiger partial charge < -0.3 is 15.8 Å². The van der Waals surface area contributed by atoms with Crippen molar-refractivity contribution in [1.82, 2.24) is 5.32 Å². The fraction of sp³-hybridized carbons (Fsp3) is 0.467. The molecule has 0 saturated heterocycles. The van der Waals surface area contributed by atoms with Gasteiger partial charge in [-0.05, 0) is 24.5 Å². The molecule has 0 aliphatic carbocycles. The van der Waals surface area contributed by atoms with Crippen molar-refractivity contribution in [3.63, 3.8) is 0 Å². The average Bonchev–Trinajstić information content (AvgIpc) is 2.45. The third kappa shape index (κ3) is 3.70. The van der Waals surface area contributed by atoms with Crippen molar-refractivity contribution >= 4 is 23.1 Å². The molecule has 1 aromatic rings. The Hall–Kier alpha value is -1.62. The second-order valence-corrected chi connectivity index (χ2v) is 5.63. The lowest BCUT2D eigenvalue weighted by molar-refractivity contribution is -0.127. The van der Waals surface area contributed by atoms with E-state index in [4.69, 9.17) is 22.7 Å². The van der Waals surface area contributed by atoms with Crippen LogP contribution in [0.25, 0.3) is 0 Å². The van der Waals surface area contributed by atoms with Gasteiger partial charge in [-0.2, -0.15) is 0 Å². The molecule has 4 nitrogen and oxygen atoms in total. The zero-order valence-electron chi connectivity index (χ0n) is 11.6. The van der Waals surface area contributed by atoms with Crippen LogP contribution in [-0.2, 0) is 11.2 Å². The second kappa shape index (κ2) is 6.70. The maximum absolute atomic E-state index is 12.3. The summed E-state index contributed by atoms with van der Waals surface area (Å²) in [6.45, 7) is 2.43. The maximum Gasteiger partial charge on any atom is 0.227 e. The fourth-order valence-corrected chi connectivity index (χ4v) is 2.56. The van der Waals surface area contributed by atoms with E-state index in [-0.39, 0.29) is 17.9 Å². The number of amides is 1. The molecule has 1 aromatic carbocycles. The number of thiocarbonyl (C=S) groups is 1. The molecule has 20 heavy (non-hydrogen) atoms. The molecule has 1 amide bonds. The SMILES string of the molecule is CCC(CC(N)=S)NC(=O)C1COc2ccccc2C1. The highest BCUT2D eigenvalue weighted by Crippen LogP contribution is 2.26. The van der Waals surface area contributed by atoms with Gasteiger partial charge in [-0.3, -0.25) is 4.79 Å². The third-order valence-corrected chi connectivity index (χ3v) is 3.70. The van der Waals surface area contributed by atoms with Gasteiger partial charge in [0.25, 0.3) is 0 Å². The number of carbonyl (C=O) groups is 1. The van der Waals surface area contributed by atoms with Crippen LogP contribution in [0.1, 0.15) is 25.3 Å². The summed E-state index contributed by atoms with van der Waals surface area (Å²) in [4.78, 5) is 12.7. The van der Waals surface area contributed by atoms with E-state index in [2.05, 4.69) is 5.32 Å². The van der Waals surface area contributed by atoms with Crippen LogP contribution < -0.4 is 15.8 Å². The van der Waals surface area contributed by atoms with E-state index in [1.807, 2.05) is 31.2 Å². The van der Waals surface area contributed by atoms with Crippen LogP contribution >= 0.6 is 12.2 Å². The van der Waals surface area contributed by atoms with Crippen LogP contribution in [0.4, 0.5) is 0 Å². The topological polar surface area (TPSA) is 64.3 Å². The van der Waals surface area contributed by atoms with E-state index < -0.39 is 0 Å². The predicted octanol–water partition coefficient (Wildman–Crippen LogP) is 1.81. The molecule has 0 aromatic heterocycles. The largest absolute Gasteiger partial charge is 0.492 e. The van der Waals surface area contributed by atoms with Crippen molar-refractivity contribution in [2.75, 3.05) is 6.61 Å². The summed E-state index contributed by atoms with van der Waals surface area (Å²) < 4.78 is 5.64. The highest BCUT2D eigenvalue weighted by molar-refractivity contribution is 7.80. The van der Waals surface area contributed by atoms with Gasteiger partial charge in [-0.1, -0.05) is 37.3 Å². The summed E-state index contributed by atoms with van der Waals surface area (Å²) in [5.74, 6) is 0.750. The average molecular weight is 292 g/mol. The second-order valence-electron chi connectivity index (χ2n) is 5.10. The molecule has 1 aliphatic heterocycles. The highest BCUT2D eigenvalue weighted by Gasteiger charge is 2.27. The number of carbonyl (C=O) groups excluding carboxylic acids is 1. The van der Waals surface area contributed by atoms with Crippen LogP contribution in [0, 0.1) is 5.92 Å². The van der Waals surface area contributed by atoms with E-state index in [9.17, 15) is 4.79 Å². The lowest BCUT2D eigenvalue weighted by Gasteiger charge is -2.26. The number of nitrogens with one attached hydrogen (secondary N) is 1. The monoisotopic (exact) mass is 292 g/mol. The van der Waals surface area contributed by atoms with Gasteiger partial charge in [0, 0.05) is 12.5 Å². The first kappa shape index (κ1) is 14.8. The molecule has 1 aliphatic rings. The fourth-order valence-electron chi connectivity index (χ4n) is 2.36. The van der Waals surface area contributed by atoms with Crippen LogP contribution in [0.2, 0.25) is 0 Å². The Morgan fingerprint density at radius 2 is 2.30 bits per heavy atom. The summed E-state index contributed by atoms with van der Waals surface area (Å²) in [5, 5.41) is 3.01. The van der Waals surface area contributed by atoms with Crippen molar-refractivity contribution in [1.29, 1.82) is 0 Å². The molecule has 0 bridgehead atoms. The van der Waals surface area contributed by atoms with Crippen molar-refractivity contribution in [2.45, 2.75) is 32.2 Å². The van der Waals surface area contributed by atoms with E-state index in [1.54, 1.807) is 0 Å². The summed E-state index contributed by atoms with van der Waals surface area (Å²) in [6, 6.07) is 7.85. The number of para-hydroxylation sites is 1. The number of hydrogen-bond donors (Lipinski definition) is 2. The van der Waals surface area contributed by atoms with E-state index in [1.165, 1.54) is 0 Å². The van der Waals surface area contributed by atoms with E-state index >= 15 is 0 Å². The Morgan fingerprint density at radius 1 is 1.55 bits per heavy atom. The summed E-state index contributed by atoms with van der Waals surface area (Å²) in [7, 11) is 0. The highest BCUT2D eigenvalue weighted by atomic mass is 32.1. The predicted molar refractivity (Wildman–Crippen MR) is 82.8 cm³/mol. The summed E-state index contributed by atoms with van der Waals surface area (Å²) in [5.41, 5.74) is 6.63. The molecule has 0 fully saturated rings. The molecule has 3 N–H and O–H groups in total. The molecular formula is C15H20N2O2S. The van der Waals surface area contributed by atoms with Crippen molar-refractivity contribution in [3.8, 4) is 5.75 Å². The minimum atomic E-state index is -0.148. The molecule has 2 unspecified atom stereocenters. The first-order valence-corrected chi connectivity index (χ1v) is 7.30. The summed E-state index contributed by atoms with van der Waals surface area (Å²) >= 11 is 4.90. The number of ether oxygens (including phenoxy) is 1. The smallest absolute Gasteiger partial charge is 0.227 e. The van der Waals surface area contributed by atoms with Crippen LogP contribution in [-0.4, -0.2) is 23.5 Å². The van der Waals surface area contributed by atoms with Crippen molar-refractivity contribution in [3.05, 3.63) is 29.8 Å². The van der Waals surface area contributed by atoms with Crippen molar-refractivity contribution < 1.29 is 9.53 Å². The quantitative estimate of drug-likeness (QED) is 0.812. The van der Waals surface area contributed by atoms with Gasteiger partial charge in [0.15, 0.2) is 0 Å². The van der Waals surface area contributed by atoms with E-state index in [0.29, 0.717) is 24.4 Å². The number of rotatable bonds is 5. The van der Waals surface area contributed by atoms with E-state index in [0.717, 1.165) is 17.7 Å². The molecular weight excluding hydrogens is 272 g/mol. The molecule has 0 spiro atoms. The molecule has 0 radical (unpaired) electrons. The Balaban J connectivity index is 1.95. The number of benzene rings is 1. The van der Waals surface area contributed by atoms with Crippen LogP contribution in [0.5, 0.6) is 5.75 Å². The Morgan fingerprint density at radius 3 is 3.00 bits per heavy atom. The lowest BCUT2D eigenvalue weighted by atomic mass is 9.95. The van der Waals surface area contributed by atoms with Gasteiger partial charge in [0.1, 0.15) is 12.4 Å². The number of hydrogen-bond acceptors (Lipinski definition) is 3. The van der Waals surface area contributed by atoms with Gasteiger partial charge >= 0.3 is 0 Å². The lowest BCUT2D eigenvalue weighted by Crippen LogP contribution is -2.43. The van der Waals surface area contributed by atoms with Gasteiger partial charge in [-0.15, -0.1) is 0 Å². The molecule has 1 heterocycles. The Bertz CT molecular complexity index is 504. The molecule has 2 atom stereocenters. The first-order chi connectivity index (χ1) is 9.60. The van der Waals surface area contributed by atoms with Gasteiger partial charge in [0.2, 0.25) is 5.91 Å².